The molecule has 3 rings (SSSR count). The Hall–Kier alpha value is -2.37. The van der Waals surface area contributed by atoms with Crippen LogP contribution < -0.4 is 5.32 Å². The molecule has 0 bridgehead atoms. The first-order valence-electron chi connectivity index (χ1n) is 9.15. The minimum Gasteiger partial charge on any atom is -0.445 e. The molecule has 0 spiro atoms. The molecule has 0 radical (unpaired) electrons. The Morgan fingerprint density at radius 2 is 1.65 bits per heavy atom. The number of aliphatic hydroxyl groups excluding tert-OH is 1. The van der Waals surface area contributed by atoms with E-state index < -0.39 is 18.2 Å². The molecule has 26 heavy (non-hydrogen) atoms. The van der Waals surface area contributed by atoms with Crippen LogP contribution in [0.4, 0.5) is 4.79 Å². The molecule has 1 saturated heterocycles. The summed E-state index contributed by atoms with van der Waals surface area (Å²) in [4.78, 5) is 14.5. The number of nitrogens with one attached hydrogen (secondary N) is 1. The zero-order valence-corrected chi connectivity index (χ0v) is 14.9. The molecule has 1 aliphatic heterocycles. The smallest absolute Gasteiger partial charge is 0.407 e. The Labute approximate surface area is 154 Å². The predicted octanol–water partition coefficient (Wildman–Crippen LogP) is 3.11. The second kappa shape index (κ2) is 9.36. The molecule has 1 heterocycles. The molecule has 0 saturated carbocycles. The van der Waals surface area contributed by atoms with E-state index in [0.29, 0.717) is 6.54 Å². The van der Waals surface area contributed by atoms with Gasteiger partial charge in [0.1, 0.15) is 12.7 Å². The fourth-order valence-corrected chi connectivity index (χ4v) is 3.27. The third-order valence-corrected chi connectivity index (χ3v) is 4.69. The second-order valence-electron chi connectivity index (χ2n) is 6.68. The molecule has 2 aromatic carbocycles. The maximum atomic E-state index is 12.3. The van der Waals surface area contributed by atoms with Crippen molar-refractivity contribution in [3.8, 4) is 0 Å². The van der Waals surface area contributed by atoms with Crippen LogP contribution in [-0.2, 0) is 11.3 Å². The highest BCUT2D eigenvalue weighted by atomic mass is 16.5. The Kier molecular flexibility index (Phi) is 6.63. The third-order valence-electron chi connectivity index (χ3n) is 4.69. The van der Waals surface area contributed by atoms with E-state index >= 15 is 0 Å². The summed E-state index contributed by atoms with van der Waals surface area (Å²) in [5.41, 5.74) is 1.72. The molecule has 0 aliphatic carbocycles. The Morgan fingerprint density at radius 3 is 2.31 bits per heavy atom. The quantitative estimate of drug-likeness (QED) is 0.802. The van der Waals surface area contributed by atoms with E-state index in [1.165, 1.54) is 0 Å². The van der Waals surface area contributed by atoms with Crippen molar-refractivity contribution >= 4 is 6.09 Å². The zero-order chi connectivity index (χ0) is 18.2. The number of hydrogen-bond donors (Lipinski definition) is 2. The van der Waals surface area contributed by atoms with E-state index in [-0.39, 0.29) is 6.61 Å². The molecule has 5 nitrogen and oxygen atoms in total. The molecule has 2 aromatic rings. The van der Waals surface area contributed by atoms with Crippen molar-refractivity contribution in [1.82, 2.24) is 10.2 Å². The minimum absolute atomic E-state index is 0.213. The number of ether oxygens (including phenoxy) is 1. The van der Waals surface area contributed by atoms with Gasteiger partial charge in [0.2, 0.25) is 0 Å². The van der Waals surface area contributed by atoms with Crippen LogP contribution in [-0.4, -0.2) is 41.8 Å². The number of alkyl carbamates (subject to hydrolysis) is 1. The molecule has 1 aliphatic rings. The first kappa shape index (κ1) is 18.4. The summed E-state index contributed by atoms with van der Waals surface area (Å²) < 4.78 is 5.33. The van der Waals surface area contributed by atoms with Crippen molar-refractivity contribution in [2.24, 2.45) is 0 Å². The van der Waals surface area contributed by atoms with Gasteiger partial charge in [0.25, 0.3) is 0 Å². The van der Waals surface area contributed by atoms with E-state index in [1.54, 1.807) is 0 Å². The van der Waals surface area contributed by atoms with Crippen molar-refractivity contribution < 1.29 is 14.6 Å². The van der Waals surface area contributed by atoms with Gasteiger partial charge in [-0.1, -0.05) is 60.7 Å². The summed E-state index contributed by atoms with van der Waals surface area (Å²) in [7, 11) is 0. The van der Waals surface area contributed by atoms with E-state index in [2.05, 4.69) is 10.2 Å². The highest BCUT2D eigenvalue weighted by molar-refractivity contribution is 5.67. The Morgan fingerprint density at radius 1 is 1.04 bits per heavy atom. The number of rotatable bonds is 7. The van der Waals surface area contributed by atoms with Crippen LogP contribution in [0.25, 0.3) is 0 Å². The highest BCUT2D eigenvalue weighted by Crippen LogP contribution is 2.19. The summed E-state index contributed by atoms with van der Waals surface area (Å²) in [6.07, 6.45) is 1.04. The van der Waals surface area contributed by atoms with Gasteiger partial charge in [-0.05, 0) is 37.1 Å². The topological polar surface area (TPSA) is 61.8 Å². The van der Waals surface area contributed by atoms with Gasteiger partial charge in [-0.3, -0.25) is 0 Å². The number of amides is 1. The summed E-state index contributed by atoms with van der Waals surface area (Å²) in [5, 5.41) is 13.6. The lowest BCUT2D eigenvalue weighted by Crippen LogP contribution is -2.46. The van der Waals surface area contributed by atoms with Gasteiger partial charge in [0.15, 0.2) is 0 Å². The average molecular weight is 354 g/mol. The number of hydrogen-bond acceptors (Lipinski definition) is 4. The van der Waals surface area contributed by atoms with Gasteiger partial charge >= 0.3 is 6.09 Å². The minimum atomic E-state index is -0.777. The second-order valence-corrected chi connectivity index (χ2v) is 6.68. The van der Waals surface area contributed by atoms with Crippen molar-refractivity contribution in [3.63, 3.8) is 0 Å². The molecular weight excluding hydrogens is 328 g/mol. The molecule has 1 fully saturated rings. The molecule has 5 heteroatoms. The molecule has 138 valence electrons. The monoisotopic (exact) mass is 354 g/mol. The van der Waals surface area contributed by atoms with Crippen LogP contribution >= 0.6 is 0 Å². The average Bonchev–Trinajstić information content (AvgIpc) is 3.20. The lowest BCUT2D eigenvalue weighted by Gasteiger charge is -2.28. The highest BCUT2D eigenvalue weighted by Gasteiger charge is 2.27. The number of aliphatic hydroxyl groups is 1. The Bertz CT molecular complexity index is 672. The predicted molar refractivity (Wildman–Crippen MR) is 101 cm³/mol. The standard InChI is InChI=1S/C21H26N2O3/c24-20(18-11-5-2-6-12-18)19(15-23-13-7-8-14-23)22-21(25)26-16-17-9-3-1-4-10-17/h1-6,9-12,19-20,24H,7-8,13-16H2,(H,22,25)/t19-,20+/m1/s1. The molecule has 2 N–H and O–H groups in total. The van der Waals surface area contributed by atoms with Crippen molar-refractivity contribution in [2.45, 2.75) is 31.6 Å². The van der Waals surface area contributed by atoms with E-state index in [4.69, 9.17) is 4.74 Å². The number of benzene rings is 2. The fraction of sp³-hybridized carbons (Fsp3) is 0.381. The van der Waals surface area contributed by atoms with Gasteiger partial charge in [-0.2, -0.15) is 0 Å². The van der Waals surface area contributed by atoms with E-state index in [1.807, 2.05) is 60.7 Å². The molecule has 1 amide bonds. The largest absolute Gasteiger partial charge is 0.445 e. The van der Waals surface area contributed by atoms with Crippen LogP contribution in [0, 0.1) is 0 Å². The van der Waals surface area contributed by atoms with Gasteiger partial charge < -0.3 is 20.1 Å². The molecule has 0 unspecified atom stereocenters. The van der Waals surface area contributed by atoms with Gasteiger partial charge in [0, 0.05) is 6.54 Å². The number of likely N-dealkylation sites (tertiary alicyclic amines) is 1. The van der Waals surface area contributed by atoms with Crippen LogP contribution in [0.3, 0.4) is 0 Å². The summed E-state index contributed by atoms with van der Waals surface area (Å²) in [6, 6.07) is 18.6. The molecular formula is C21H26N2O3. The molecule has 0 aromatic heterocycles. The van der Waals surface area contributed by atoms with Crippen LogP contribution in [0.1, 0.15) is 30.1 Å². The first-order valence-corrected chi connectivity index (χ1v) is 9.15. The van der Waals surface area contributed by atoms with Gasteiger partial charge in [-0.15, -0.1) is 0 Å². The van der Waals surface area contributed by atoms with Crippen LogP contribution in [0.15, 0.2) is 60.7 Å². The normalized spacial score (nSPS) is 16.8. The van der Waals surface area contributed by atoms with Gasteiger partial charge in [0.05, 0.1) is 6.04 Å². The fourth-order valence-electron chi connectivity index (χ4n) is 3.27. The summed E-state index contributed by atoms with van der Waals surface area (Å²) in [6.45, 7) is 2.82. The van der Waals surface area contributed by atoms with Crippen LogP contribution in [0.2, 0.25) is 0 Å². The zero-order valence-electron chi connectivity index (χ0n) is 14.9. The lowest BCUT2D eigenvalue weighted by molar-refractivity contribution is 0.0882. The first-order chi connectivity index (χ1) is 12.7. The maximum absolute atomic E-state index is 12.3. The van der Waals surface area contributed by atoms with Crippen molar-refractivity contribution in [1.29, 1.82) is 0 Å². The van der Waals surface area contributed by atoms with Crippen molar-refractivity contribution in [3.05, 3.63) is 71.8 Å². The van der Waals surface area contributed by atoms with E-state index in [9.17, 15) is 9.90 Å². The number of nitrogens with zero attached hydrogens (tertiary/aromatic N) is 1. The van der Waals surface area contributed by atoms with Crippen molar-refractivity contribution in [2.75, 3.05) is 19.6 Å². The molecule has 2 atom stereocenters. The van der Waals surface area contributed by atoms with Crippen LogP contribution in [0.5, 0.6) is 0 Å². The SMILES string of the molecule is O=C(N[C@H](CN1CCCC1)[C@@H](O)c1ccccc1)OCc1ccccc1. The number of carbonyl (C=O) groups excluding carboxylic acids is 1. The maximum Gasteiger partial charge on any atom is 0.407 e. The Balaban J connectivity index is 1.61. The third kappa shape index (κ3) is 5.31. The lowest BCUT2D eigenvalue weighted by atomic mass is 10.0. The number of carbonyl (C=O) groups is 1. The van der Waals surface area contributed by atoms with Gasteiger partial charge in [-0.25, -0.2) is 4.79 Å². The summed E-state index contributed by atoms with van der Waals surface area (Å²) in [5.74, 6) is 0. The van der Waals surface area contributed by atoms with E-state index in [0.717, 1.165) is 37.1 Å². The summed E-state index contributed by atoms with van der Waals surface area (Å²) >= 11 is 0.